The molecule has 4 heterocycles. The first-order valence-corrected chi connectivity index (χ1v) is 23.7. The number of para-hydroxylation sites is 1. The van der Waals surface area contributed by atoms with Crippen LogP contribution in [0.5, 0.6) is 0 Å². The zero-order valence-electron chi connectivity index (χ0n) is 38.4. The van der Waals surface area contributed by atoms with Gasteiger partial charge < -0.3 is 14.3 Å². The van der Waals surface area contributed by atoms with Crippen LogP contribution in [-0.4, -0.2) is 11.8 Å². The minimum Gasteiger partial charge on any atom is -0.455 e. The summed E-state index contributed by atoms with van der Waals surface area (Å²) in [5.41, 5.74) is 18.7. The molecule has 312 valence electrons. The minimum atomic E-state index is -0.0665. The average Bonchev–Trinajstić information content (AvgIpc) is 3.91. The Kier molecular flexibility index (Phi) is 7.97. The molecule has 1 aliphatic carbocycles. The fraction of sp³-hybridized carbons (Fsp3) is 0.276. The molecule has 0 saturated carbocycles. The number of benzene rings is 7. The van der Waals surface area contributed by atoms with E-state index < -0.39 is 0 Å². The summed E-state index contributed by atoms with van der Waals surface area (Å²) in [6, 6.07) is 44.0. The molecule has 1 N–H and O–H groups in total. The third-order valence-electron chi connectivity index (χ3n) is 15.0. The van der Waals surface area contributed by atoms with Crippen molar-refractivity contribution < 1.29 is 4.42 Å². The predicted molar refractivity (Wildman–Crippen MR) is 275 cm³/mol. The van der Waals surface area contributed by atoms with Crippen LogP contribution in [0.3, 0.4) is 0 Å². The van der Waals surface area contributed by atoms with Crippen molar-refractivity contribution in [3.05, 3.63) is 138 Å². The fourth-order valence-corrected chi connectivity index (χ4v) is 12.3. The Balaban J connectivity index is 1.26. The zero-order valence-corrected chi connectivity index (χ0v) is 39.2. The van der Waals surface area contributed by atoms with E-state index in [1.165, 1.54) is 116 Å². The highest BCUT2D eigenvalue weighted by molar-refractivity contribution is 7.26. The predicted octanol–water partition coefficient (Wildman–Crippen LogP) is 15.1. The number of thiophene rings is 1. The van der Waals surface area contributed by atoms with Crippen molar-refractivity contribution in [2.24, 2.45) is 0 Å². The topological polar surface area (TPSA) is 30.1 Å². The van der Waals surface area contributed by atoms with Crippen LogP contribution < -0.4 is 16.2 Å². The lowest BCUT2D eigenvalue weighted by Gasteiger charge is -2.42. The van der Waals surface area contributed by atoms with Gasteiger partial charge in [0.1, 0.15) is 11.2 Å². The maximum atomic E-state index is 7.30. The second-order valence-electron chi connectivity index (χ2n) is 22.1. The number of fused-ring (bicyclic) bond motifs is 13. The average molecular weight is 839 g/mol. The Bertz CT molecular complexity index is 3580. The van der Waals surface area contributed by atoms with E-state index in [0.717, 1.165) is 29.8 Å². The van der Waals surface area contributed by atoms with E-state index in [2.05, 4.69) is 194 Å². The van der Waals surface area contributed by atoms with Crippen LogP contribution in [-0.2, 0) is 21.7 Å². The van der Waals surface area contributed by atoms with E-state index >= 15 is 0 Å². The van der Waals surface area contributed by atoms with Gasteiger partial charge in [0.25, 0.3) is 0 Å². The molecule has 12 rings (SSSR count). The normalized spacial score (nSPS) is 15.7. The van der Waals surface area contributed by atoms with Gasteiger partial charge >= 0.3 is 0 Å². The highest BCUT2D eigenvalue weighted by atomic mass is 32.1. The van der Waals surface area contributed by atoms with Crippen LogP contribution in [0, 0.1) is 0 Å². The Labute approximate surface area is 375 Å². The molecular formula is C58H55BN2OS. The molecular weight excluding hydrogens is 784 g/mol. The summed E-state index contributed by atoms with van der Waals surface area (Å²) < 4.78 is 12.7. The number of anilines is 2. The number of nitrogens with one attached hydrogen (secondary N) is 1. The standard InChI is InChI=1S/C58H55BN2OS/c1-55(2,3)32-19-22-34(23-20-32)60-43-24-21-33(56(4,5)6)27-38(43)51-52-53-49(50-36-16-11-13-17-46(36)62-54(50)51)39-28-40-41(58(9,10)26-25-57(40,7)8)30-44(39)61(53)45-29-37-35-15-12-14-18-47(35)63-48(37)31-42(45)59-52/h11-24,27-31,59-60H,25-26H2,1-10H3. The molecule has 3 nitrogen and oxygen atoms in total. The lowest BCUT2D eigenvalue weighted by Crippen LogP contribution is -2.37. The van der Waals surface area contributed by atoms with E-state index in [-0.39, 0.29) is 21.7 Å². The van der Waals surface area contributed by atoms with Gasteiger partial charge in [0.05, 0.1) is 11.0 Å². The van der Waals surface area contributed by atoms with Gasteiger partial charge in [0.2, 0.25) is 0 Å². The molecule has 0 unspecified atom stereocenters. The minimum absolute atomic E-state index is 0.0610. The van der Waals surface area contributed by atoms with Gasteiger partial charge in [-0.25, -0.2) is 0 Å². The van der Waals surface area contributed by atoms with Crippen molar-refractivity contribution in [3.63, 3.8) is 0 Å². The number of hydrogen-bond acceptors (Lipinski definition) is 3. The van der Waals surface area contributed by atoms with Crippen molar-refractivity contribution in [1.82, 2.24) is 4.57 Å². The smallest absolute Gasteiger partial charge is 0.198 e. The van der Waals surface area contributed by atoms with Crippen molar-refractivity contribution in [3.8, 4) is 16.8 Å². The molecule has 0 bridgehead atoms. The monoisotopic (exact) mass is 838 g/mol. The molecule has 10 aromatic rings. The summed E-state index contributed by atoms with van der Waals surface area (Å²) >= 11 is 1.91. The maximum absolute atomic E-state index is 7.30. The first-order valence-electron chi connectivity index (χ1n) is 22.9. The van der Waals surface area contributed by atoms with E-state index in [9.17, 15) is 0 Å². The largest absolute Gasteiger partial charge is 0.455 e. The van der Waals surface area contributed by atoms with Crippen LogP contribution >= 0.6 is 11.3 Å². The first-order chi connectivity index (χ1) is 30.0. The second-order valence-corrected chi connectivity index (χ2v) is 23.2. The highest BCUT2D eigenvalue weighted by Crippen LogP contribution is 2.52. The lowest BCUT2D eigenvalue weighted by molar-refractivity contribution is 0.332. The summed E-state index contributed by atoms with van der Waals surface area (Å²) in [6.45, 7) is 23.6. The summed E-state index contributed by atoms with van der Waals surface area (Å²) in [5.74, 6) is 0. The van der Waals surface area contributed by atoms with Crippen molar-refractivity contribution in [1.29, 1.82) is 0 Å². The Morgan fingerprint density at radius 1 is 0.635 bits per heavy atom. The van der Waals surface area contributed by atoms with Crippen LogP contribution in [0.15, 0.2) is 120 Å². The van der Waals surface area contributed by atoms with E-state index in [4.69, 9.17) is 4.42 Å². The SMILES string of the molecule is CC(C)(C)c1ccc(Nc2ccc(C(C)(C)C)cc2-c2c3c4c(c5cc6c(cc5n4-c4cc5c(cc4B3)sc3ccccc35)C(C)(C)CCC6(C)C)c3c2oc2ccccc23)cc1. The molecule has 63 heavy (non-hydrogen) atoms. The number of rotatable bonds is 3. The zero-order chi connectivity index (χ0) is 43.5. The van der Waals surface area contributed by atoms with E-state index in [1.807, 2.05) is 11.3 Å². The molecule has 2 aliphatic rings. The number of aromatic nitrogens is 1. The van der Waals surface area contributed by atoms with Crippen LogP contribution in [0.25, 0.3) is 80.7 Å². The summed E-state index contributed by atoms with van der Waals surface area (Å²) in [5, 5.41) is 11.6. The summed E-state index contributed by atoms with van der Waals surface area (Å²) in [6.07, 6.45) is 2.34. The van der Waals surface area contributed by atoms with Crippen molar-refractivity contribution in [2.75, 3.05) is 5.32 Å². The second kappa shape index (κ2) is 12.9. The molecule has 0 atom stereocenters. The van der Waals surface area contributed by atoms with Gasteiger partial charge in [-0.1, -0.05) is 129 Å². The molecule has 0 saturated heterocycles. The third kappa shape index (κ3) is 5.71. The molecule has 0 spiro atoms. The molecule has 1 aliphatic heterocycles. The lowest BCUT2D eigenvalue weighted by atomic mass is 9.58. The van der Waals surface area contributed by atoms with Gasteiger partial charge in [-0.15, -0.1) is 11.3 Å². The van der Waals surface area contributed by atoms with Gasteiger partial charge in [-0.2, -0.15) is 0 Å². The third-order valence-corrected chi connectivity index (χ3v) is 16.1. The Morgan fingerprint density at radius 3 is 2.03 bits per heavy atom. The molecule has 3 aromatic heterocycles. The van der Waals surface area contributed by atoms with Gasteiger partial charge in [-0.3, -0.25) is 0 Å². The molecule has 0 amide bonds. The summed E-state index contributed by atoms with van der Waals surface area (Å²) in [7, 11) is 0.796. The number of nitrogens with zero attached hydrogens (tertiary/aromatic N) is 1. The highest BCUT2D eigenvalue weighted by Gasteiger charge is 2.40. The summed E-state index contributed by atoms with van der Waals surface area (Å²) in [4.78, 5) is 0. The number of hydrogen-bond donors (Lipinski definition) is 1. The quantitative estimate of drug-likeness (QED) is 0.180. The Morgan fingerprint density at radius 2 is 1.30 bits per heavy atom. The maximum Gasteiger partial charge on any atom is 0.198 e. The van der Waals surface area contributed by atoms with Crippen LogP contribution in [0.1, 0.15) is 104 Å². The van der Waals surface area contributed by atoms with Gasteiger partial charge in [0.15, 0.2) is 7.28 Å². The van der Waals surface area contributed by atoms with Crippen LogP contribution in [0.2, 0.25) is 0 Å². The van der Waals surface area contributed by atoms with E-state index in [1.54, 1.807) is 0 Å². The van der Waals surface area contributed by atoms with Crippen molar-refractivity contribution in [2.45, 2.75) is 104 Å². The molecule has 5 heteroatoms. The van der Waals surface area contributed by atoms with Crippen LogP contribution in [0.4, 0.5) is 11.4 Å². The number of furan rings is 1. The van der Waals surface area contributed by atoms with Crippen molar-refractivity contribution >= 4 is 105 Å². The van der Waals surface area contributed by atoms with E-state index in [0.29, 0.717) is 0 Å². The molecule has 0 fully saturated rings. The molecule has 0 radical (unpaired) electrons. The molecule has 7 aromatic carbocycles. The van der Waals surface area contributed by atoms with Gasteiger partial charge in [0, 0.05) is 69.9 Å². The first kappa shape index (κ1) is 38.9. The van der Waals surface area contributed by atoms with Gasteiger partial charge in [-0.05, 0) is 123 Å². The fourth-order valence-electron chi connectivity index (χ4n) is 11.2. The Hall–Kier alpha value is -5.78.